The summed E-state index contributed by atoms with van der Waals surface area (Å²) >= 11 is 0. The maximum Gasteiger partial charge on any atom is 0.471 e. The van der Waals surface area contributed by atoms with Crippen molar-refractivity contribution < 1.29 is 27.6 Å². The van der Waals surface area contributed by atoms with Gasteiger partial charge in [-0.2, -0.15) is 18.4 Å². The average molecular weight is 534 g/mol. The number of carbonyl (C=O) groups excluding carboxylic acids is 3. The fourth-order valence-electron chi connectivity index (χ4n) is 6.03. The van der Waals surface area contributed by atoms with Crippen LogP contribution in [0.4, 0.5) is 13.2 Å². The van der Waals surface area contributed by atoms with E-state index in [4.69, 9.17) is 0 Å². The first-order chi connectivity index (χ1) is 17.7. The van der Waals surface area contributed by atoms with Gasteiger partial charge in [-0.25, -0.2) is 0 Å². The lowest BCUT2D eigenvalue weighted by atomic mass is 9.81. The van der Waals surface area contributed by atoms with Gasteiger partial charge in [0.25, 0.3) is 5.56 Å². The van der Waals surface area contributed by atoms with E-state index in [-0.39, 0.29) is 36.6 Å². The number of likely N-dealkylation sites (tertiary alicyclic amines) is 1. The zero-order valence-corrected chi connectivity index (χ0v) is 21.2. The predicted octanol–water partition coefficient (Wildman–Crippen LogP) is 1.67. The quantitative estimate of drug-likeness (QED) is 0.478. The standard InChI is InChI=1S/C26H30F3N5O4/c1-25(2,3)20(33-24(38)26(27,28)29)23(37)34-12-17-13-6-7-14(9-13)18(17)19(34)22(36)32-16(11-30)10-15-5-4-8-31-21(15)35/h4-8,13-14,16-20H,9-10,12H2,1-3H3,(H,31,35)(H,32,36)(H,33,38)/t13-,14+,16+,17-,18+,19+,20-/m1/s1. The van der Waals surface area contributed by atoms with Crippen LogP contribution in [0.1, 0.15) is 32.8 Å². The zero-order valence-electron chi connectivity index (χ0n) is 21.2. The molecule has 9 nitrogen and oxygen atoms in total. The fourth-order valence-corrected chi connectivity index (χ4v) is 6.03. The van der Waals surface area contributed by atoms with Crippen LogP contribution in [0.15, 0.2) is 35.3 Å². The summed E-state index contributed by atoms with van der Waals surface area (Å²) in [5.41, 5.74) is -1.19. The van der Waals surface area contributed by atoms with Crippen molar-refractivity contribution in [2.24, 2.45) is 29.1 Å². The molecule has 1 aromatic rings. The van der Waals surface area contributed by atoms with Crippen LogP contribution in [0.3, 0.4) is 0 Å². The van der Waals surface area contributed by atoms with Crippen LogP contribution in [0.2, 0.25) is 0 Å². The third-order valence-electron chi connectivity index (χ3n) is 7.79. The summed E-state index contributed by atoms with van der Waals surface area (Å²) in [5.74, 6) is -3.82. The molecule has 0 unspecified atom stereocenters. The molecule has 1 saturated carbocycles. The van der Waals surface area contributed by atoms with Gasteiger partial charge in [0.15, 0.2) is 0 Å². The summed E-state index contributed by atoms with van der Waals surface area (Å²) in [6.07, 6.45) is 1.06. The highest BCUT2D eigenvalue weighted by atomic mass is 19.4. The monoisotopic (exact) mass is 533 g/mol. The van der Waals surface area contributed by atoms with Crippen molar-refractivity contribution in [1.29, 1.82) is 5.26 Å². The Labute approximate surface area is 217 Å². The summed E-state index contributed by atoms with van der Waals surface area (Å²) in [5, 5.41) is 14.2. The Hall–Kier alpha value is -3.62. The van der Waals surface area contributed by atoms with Crippen LogP contribution >= 0.6 is 0 Å². The molecule has 7 atom stereocenters. The lowest BCUT2D eigenvalue weighted by Gasteiger charge is -2.37. The van der Waals surface area contributed by atoms with Gasteiger partial charge in [0.05, 0.1) is 6.07 Å². The molecule has 1 aliphatic heterocycles. The van der Waals surface area contributed by atoms with E-state index in [1.165, 1.54) is 37.9 Å². The Kier molecular flexibility index (Phi) is 7.16. The third-order valence-corrected chi connectivity index (χ3v) is 7.79. The van der Waals surface area contributed by atoms with Gasteiger partial charge in [-0.15, -0.1) is 0 Å². The summed E-state index contributed by atoms with van der Waals surface area (Å²) in [6.45, 7) is 4.75. The second kappa shape index (κ2) is 9.93. The maximum absolute atomic E-state index is 13.8. The molecule has 2 bridgehead atoms. The highest BCUT2D eigenvalue weighted by molar-refractivity contribution is 5.94. The van der Waals surface area contributed by atoms with Crippen LogP contribution in [0, 0.1) is 40.4 Å². The minimum absolute atomic E-state index is 0.00825. The maximum atomic E-state index is 13.8. The number of H-pyrrole nitrogens is 1. The minimum Gasteiger partial charge on any atom is -0.338 e. The van der Waals surface area contributed by atoms with Gasteiger partial charge in [0, 0.05) is 24.7 Å². The Balaban J connectivity index is 1.61. The van der Waals surface area contributed by atoms with Crippen molar-refractivity contribution in [2.75, 3.05) is 6.54 Å². The van der Waals surface area contributed by atoms with Crippen LogP contribution < -0.4 is 16.2 Å². The smallest absolute Gasteiger partial charge is 0.338 e. The molecule has 204 valence electrons. The van der Waals surface area contributed by atoms with E-state index in [1.54, 1.807) is 6.07 Å². The van der Waals surface area contributed by atoms with Crippen molar-refractivity contribution in [3.05, 3.63) is 46.4 Å². The van der Waals surface area contributed by atoms with Gasteiger partial charge in [-0.3, -0.25) is 19.2 Å². The molecule has 3 N–H and O–H groups in total. The molecular formula is C26H30F3N5O4. The third kappa shape index (κ3) is 5.19. The largest absolute Gasteiger partial charge is 0.471 e. The molecule has 4 rings (SSSR count). The second-order valence-electron chi connectivity index (χ2n) is 11.3. The number of fused-ring (bicyclic) bond motifs is 5. The van der Waals surface area contributed by atoms with Crippen LogP contribution in [-0.2, 0) is 20.8 Å². The van der Waals surface area contributed by atoms with Crippen LogP contribution in [0.25, 0.3) is 0 Å². The SMILES string of the molecule is CC(C)(C)[C@H](NC(=O)C(F)(F)F)C(=O)N1C[C@H]2[C@@H]([C@H]1C(=O)N[C@H](C#N)Cc1ccc[nH]c1=O)[C@H]1C=C[C@@H]2C1. The lowest BCUT2D eigenvalue weighted by molar-refractivity contribution is -0.176. The van der Waals surface area contributed by atoms with E-state index >= 15 is 0 Å². The normalized spacial score (nSPS) is 27.4. The lowest BCUT2D eigenvalue weighted by Crippen LogP contribution is -2.60. The molecule has 1 aromatic heterocycles. The molecule has 38 heavy (non-hydrogen) atoms. The van der Waals surface area contributed by atoms with Gasteiger partial charge < -0.3 is 20.5 Å². The van der Waals surface area contributed by atoms with Gasteiger partial charge in [0.1, 0.15) is 18.1 Å². The number of nitriles is 1. The second-order valence-corrected chi connectivity index (χ2v) is 11.3. The number of aromatic amines is 1. The number of hydrogen-bond acceptors (Lipinski definition) is 5. The topological polar surface area (TPSA) is 135 Å². The Morgan fingerprint density at radius 3 is 2.47 bits per heavy atom. The first kappa shape index (κ1) is 27.4. The Bertz CT molecular complexity index is 1240. The first-order valence-corrected chi connectivity index (χ1v) is 12.5. The number of halogens is 3. The van der Waals surface area contributed by atoms with E-state index in [1.807, 2.05) is 23.5 Å². The van der Waals surface area contributed by atoms with Crippen molar-refractivity contribution in [3.8, 4) is 6.07 Å². The average Bonchev–Trinajstić information content (AvgIpc) is 3.54. The molecular weight excluding hydrogens is 503 g/mol. The highest BCUT2D eigenvalue weighted by Gasteiger charge is 2.59. The summed E-state index contributed by atoms with van der Waals surface area (Å²) in [6, 6.07) is 1.46. The number of pyridine rings is 1. The molecule has 0 aromatic carbocycles. The van der Waals surface area contributed by atoms with Crippen molar-refractivity contribution in [1.82, 2.24) is 20.5 Å². The van der Waals surface area contributed by atoms with Crippen LogP contribution in [0.5, 0.6) is 0 Å². The van der Waals surface area contributed by atoms with Gasteiger partial charge in [-0.1, -0.05) is 39.0 Å². The van der Waals surface area contributed by atoms with Crippen molar-refractivity contribution in [3.63, 3.8) is 0 Å². The Morgan fingerprint density at radius 2 is 1.87 bits per heavy atom. The highest BCUT2D eigenvalue weighted by Crippen LogP contribution is 2.54. The Morgan fingerprint density at radius 1 is 1.18 bits per heavy atom. The number of alkyl halides is 3. The summed E-state index contributed by atoms with van der Waals surface area (Å²) in [4.78, 5) is 55.0. The van der Waals surface area contributed by atoms with Gasteiger partial charge >= 0.3 is 12.1 Å². The van der Waals surface area contributed by atoms with E-state index in [0.717, 1.165) is 6.42 Å². The van der Waals surface area contributed by atoms with Gasteiger partial charge in [-0.05, 0) is 41.6 Å². The number of nitrogens with one attached hydrogen (secondary N) is 3. The summed E-state index contributed by atoms with van der Waals surface area (Å²) < 4.78 is 39.2. The van der Waals surface area contributed by atoms with E-state index < -0.39 is 53.0 Å². The molecule has 0 spiro atoms. The summed E-state index contributed by atoms with van der Waals surface area (Å²) in [7, 11) is 0. The van der Waals surface area contributed by atoms with E-state index in [2.05, 4.69) is 10.3 Å². The molecule has 12 heteroatoms. The zero-order chi connectivity index (χ0) is 28.0. The number of hydrogen-bond donors (Lipinski definition) is 3. The van der Waals surface area contributed by atoms with Crippen molar-refractivity contribution in [2.45, 2.75) is 57.9 Å². The predicted molar refractivity (Wildman–Crippen MR) is 129 cm³/mol. The van der Waals surface area contributed by atoms with Crippen LogP contribution in [-0.4, -0.2) is 58.5 Å². The first-order valence-electron chi connectivity index (χ1n) is 12.5. The fraction of sp³-hybridized carbons (Fsp3) is 0.577. The van der Waals surface area contributed by atoms with Crippen molar-refractivity contribution >= 4 is 17.7 Å². The molecule has 3 amide bonds. The van der Waals surface area contributed by atoms with Gasteiger partial charge in [0.2, 0.25) is 11.8 Å². The number of nitrogens with zero attached hydrogens (tertiary/aromatic N) is 2. The molecule has 2 fully saturated rings. The minimum atomic E-state index is -5.18. The van der Waals surface area contributed by atoms with E-state index in [0.29, 0.717) is 5.56 Å². The molecule has 1 saturated heterocycles. The molecule has 0 radical (unpaired) electrons. The molecule has 3 aliphatic rings. The number of amides is 3. The number of carbonyl (C=O) groups is 3. The molecule has 2 heterocycles. The molecule has 2 aliphatic carbocycles. The number of aromatic nitrogens is 1. The van der Waals surface area contributed by atoms with E-state index in [9.17, 15) is 37.6 Å². The number of rotatable bonds is 6. The number of allylic oxidation sites excluding steroid dienone is 2.